The summed E-state index contributed by atoms with van der Waals surface area (Å²) in [5.74, 6) is 2.70. The maximum absolute atomic E-state index is 5.25. The van der Waals surface area contributed by atoms with Crippen LogP contribution in [-0.2, 0) is 0 Å². The highest BCUT2D eigenvalue weighted by Gasteiger charge is 2.12. The van der Waals surface area contributed by atoms with Crippen LogP contribution in [0.4, 0.5) is 0 Å². The molecule has 0 amide bonds. The first-order valence-electron chi connectivity index (χ1n) is 6.67. The molecule has 2 nitrogen and oxygen atoms in total. The van der Waals surface area contributed by atoms with Gasteiger partial charge in [-0.1, -0.05) is 26.8 Å². The highest BCUT2D eigenvalue weighted by atomic mass is 32.2. The monoisotopic (exact) mass is 267 g/mol. The van der Waals surface area contributed by atoms with Gasteiger partial charge in [0.2, 0.25) is 0 Å². The van der Waals surface area contributed by atoms with Gasteiger partial charge in [-0.25, -0.2) is 0 Å². The van der Waals surface area contributed by atoms with Gasteiger partial charge in [-0.05, 0) is 37.1 Å². The molecule has 0 radical (unpaired) electrons. The van der Waals surface area contributed by atoms with Gasteiger partial charge in [0.05, 0.1) is 7.11 Å². The summed E-state index contributed by atoms with van der Waals surface area (Å²) in [6.45, 7) is 7.86. The Hall–Kier alpha value is -0.670. The van der Waals surface area contributed by atoms with E-state index in [0.29, 0.717) is 12.0 Å². The number of hydrogen-bond donors (Lipinski definition) is 1. The van der Waals surface area contributed by atoms with Crippen LogP contribution in [0.5, 0.6) is 5.75 Å². The van der Waals surface area contributed by atoms with Gasteiger partial charge in [-0.2, -0.15) is 0 Å². The Morgan fingerprint density at radius 3 is 2.72 bits per heavy atom. The van der Waals surface area contributed by atoms with E-state index < -0.39 is 0 Å². The van der Waals surface area contributed by atoms with Crippen LogP contribution in [0.15, 0.2) is 29.2 Å². The Labute approximate surface area is 116 Å². The smallest absolute Gasteiger partial charge is 0.119 e. The third-order valence-corrected chi connectivity index (χ3v) is 4.05. The molecule has 1 aromatic carbocycles. The first kappa shape index (κ1) is 15.4. The SMILES string of the molecule is CCCNC(CSc1cccc(OC)c1)C(C)C. The Morgan fingerprint density at radius 1 is 1.33 bits per heavy atom. The minimum atomic E-state index is 0.571. The fraction of sp³-hybridized carbons (Fsp3) is 0.600. The summed E-state index contributed by atoms with van der Waals surface area (Å²) < 4.78 is 5.25. The van der Waals surface area contributed by atoms with Crippen molar-refractivity contribution in [3.8, 4) is 5.75 Å². The average Bonchev–Trinajstić information content (AvgIpc) is 2.38. The minimum absolute atomic E-state index is 0.571. The van der Waals surface area contributed by atoms with Gasteiger partial charge in [-0.15, -0.1) is 11.8 Å². The van der Waals surface area contributed by atoms with E-state index in [2.05, 4.69) is 38.2 Å². The molecule has 0 spiro atoms. The average molecular weight is 267 g/mol. The summed E-state index contributed by atoms with van der Waals surface area (Å²) in [5, 5.41) is 3.62. The summed E-state index contributed by atoms with van der Waals surface area (Å²) in [6, 6.07) is 8.84. The lowest BCUT2D eigenvalue weighted by Gasteiger charge is -2.22. The van der Waals surface area contributed by atoms with Crippen molar-refractivity contribution in [3.05, 3.63) is 24.3 Å². The Kier molecular flexibility index (Phi) is 7.21. The van der Waals surface area contributed by atoms with Crippen molar-refractivity contribution < 1.29 is 4.74 Å². The highest BCUT2D eigenvalue weighted by Crippen LogP contribution is 2.24. The predicted molar refractivity (Wildman–Crippen MR) is 80.6 cm³/mol. The van der Waals surface area contributed by atoms with E-state index in [1.807, 2.05) is 23.9 Å². The van der Waals surface area contributed by atoms with Gasteiger partial charge in [0.1, 0.15) is 5.75 Å². The molecular formula is C15H25NOS. The van der Waals surface area contributed by atoms with Gasteiger partial charge in [0.15, 0.2) is 0 Å². The van der Waals surface area contributed by atoms with Crippen molar-refractivity contribution >= 4 is 11.8 Å². The molecule has 1 aromatic rings. The van der Waals surface area contributed by atoms with Crippen LogP contribution in [0.2, 0.25) is 0 Å². The van der Waals surface area contributed by atoms with E-state index in [0.717, 1.165) is 18.0 Å². The summed E-state index contributed by atoms with van der Waals surface area (Å²) in [5.41, 5.74) is 0. The number of nitrogens with one attached hydrogen (secondary N) is 1. The van der Waals surface area contributed by atoms with Crippen LogP contribution >= 0.6 is 11.8 Å². The fourth-order valence-electron chi connectivity index (χ4n) is 1.69. The van der Waals surface area contributed by atoms with E-state index in [1.54, 1.807) is 7.11 Å². The molecule has 0 heterocycles. The number of methoxy groups -OCH3 is 1. The van der Waals surface area contributed by atoms with Crippen molar-refractivity contribution in [2.75, 3.05) is 19.4 Å². The van der Waals surface area contributed by atoms with Crippen molar-refractivity contribution in [2.24, 2.45) is 5.92 Å². The Balaban J connectivity index is 2.49. The fourth-order valence-corrected chi connectivity index (χ4v) is 2.94. The van der Waals surface area contributed by atoms with Crippen LogP contribution in [-0.4, -0.2) is 25.4 Å². The number of rotatable bonds is 8. The van der Waals surface area contributed by atoms with E-state index >= 15 is 0 Å². The molecule has 0 aliphatic rings. The van der Waals surface area contributed by atoms with Crippen molar-refractivity contribution in [1.82, 2.24) is 5.32 Å². The molecule has 1 unspecified atom stereocenters. The van der Waals surface area contributed by atoms with Crippen molar-refractivity contribution in [1.29, 1.82) is 0 Å². The first-order chi connectivity index (χ1) is 8.67. The van der Waals surface area contributed by atoms with Gasteiger partial charge in [-0.3, -0.25) is 0 Å². The van der Waals surface area contributed by atoms with E-state index in [1.165, 1.54) is 11.3 Å². The van der Waals surface area contributed by atoms with Crippen LogP contribution in [0, 0.1) is 5.92 Å². The normalized spacial score (nSPS) is 12.7. The van der Waals surface area contributed by atoms with Crippen LogP contribution in [0.1, 0.15) is 27.2 Å². The topological polar surface area (TPSA) is 21.3 Å². The van der Waals surface area contributed by atoms with Gasteiger partial charge in [0.25, 0.3) is 0 Å². The molecule has 3 heteroatoms. The Bertz CT molecular complexity index is 341. The van der Waals surface area contributed by atoms with E-state index in [9.17, 15) is 0 Å². The molecule has 1 rings (SSSR count). The molecule has 102 valence electrons. The third kappa shape index (κ3) is 5.32. The van der Waals surface area contributed by atoms with Crippen LogP contribution < -0.4 is 10.1 Å². The molecule has 0 aromatic heterocycles. The lowest BCUT2D eigenvalue weighted by Crippen LogP contribution is -2.36. The molecule has 0 fully saturated rings. The number of ether oxygens (including phenoxy) is 1. The molecule has 0 saturated heterocycles. The second kappa shape index (κ2) is 8.44. The molecule has 0 saturated carbocycles. The molecule has 1 N–H and O–H groups in total. The van der Waals surface area contributed by atoms with Crippen LogP contribution in [0.25, 0.3) is 0 Å². The van der Waals surface area contributed by atoms with Gasteiger partial charge < -0.3 is 10.1 Å². The zero-order valence-electron chi connectivity index (χ0n) is 11.9. The van der Waals surface area contributed by atoms with Gasteiger partial charge in [0, 0.05) is 16.7 Å². The summed E-state index contributed by atoms with van der Waals surface area (Å²) in [7, 11) is 1.71. The van der Waals surface area contributed by atoms with E-state index in [4.69, 9.17) is 4.74 Å². The third-order valence-electron chi connectivity index (χ3n) is 2.93. The van der Waals surface area contributed by atoms with Crippen LogP contribution in [0.3, 0.4) is 0 Å². The molecule has 0 aliphatic heterocycles. The molecular weight excluding hydrogens is 242 g/mol. The summed E-state index contributed by atoms with van der Waals surface area (Å²) >= 11 is 1.89. The number of hydrogen-bond acceptors (Lipinski definition) is 3. The predicted octanol–water partition coefficient (Wildman–Crippen LogP) is 3.81. The lowest BCUT2D eigenvalue weighted by molar-refractivity contribution is 0.413. The number of thioether (sulfide) groups is 1. The standard InChI is InChI=1S/C15H25NOS/c1-5-9-16-15(12(2)3)11-18-14-8-6-7-13(10-14)17-4/h6-8,10,12,15-16H,5,9,11H2,1-4H3. The molecule has 0 aliphatic carbocycles. The highest BCUT2D eigenvalue weighted by molar-refractivity contribution is 7.99. The minimum Gasteiger partial charge on any atom is -0.497 e. The summed E-state index contributed by atoms with van der Waals surface area (Å²) in [6.07, 6.45) is 1.19. The molecule has 0 bridgehead atoms. The first-order valence-corrected chi connectivity index (χ1v) is 7.66. The maximum Gasteiger partial charge on any atom is 0.119 e. The Morgan fingerprint density at radius 2 is 2.11 bits per heavy atom. The number of benzene rings is 1. The van der Waals surface area contributed by atoms with Gasteiger partial charge >= 0.3 is 0 Å². The summed E-state index contributed by atoms with van der Waals surface area (Å²) in [4.78, 5) is 1.28. The quantitative estimate of drug-likeness (QED) is 0.724. The zero-order valence-corrected chi connectivity index (χ0v) is 12.7. The molecule has 18 heavy (non-hydrogen) atoms. The van der Waals surface area contributed by atoms with E-state index in [-0.39, 0.29) is 0 Å². The lowest BCUT2D eigenvalue weighted by atomic mass is 10.1. The second-order valence-electron chi connectivity index (χ2n) is 4.79. The van der Waals surface area contributed by atoms with Crippen molar-refractivity contribution in [2.45, 2.75) is 38.1 Å². The largest absolute Gasteiger partial charge is 0.497 e. The maximum atomic E-state index is 5.25. The molecule has 1 atom stereocenters. The second-order valence-corrected chi connectivity index (χ2v) is 5.89. The van der Waals surface area contributed by atoms with Crippen molar-refractivity contribution in [3.63, 3.8) is 0 Å². The zero-order chi connectivity index (χ0) is 13.4.